The van der Waals surface area contributed by atoms with Gasteiger partial charge in [0, 0.05) is 86.3 Å². The Hall–Kier alpha value is -5.69. The first kappa shape index (κ1) is 38.8. The van der Waals surface area contributed by atoms with Crippen molar-refractivity contribution < 1.29 is 46.2 Å². The Morgan fingerprint density at radius 1 is 0.932 bits per heavy atom. The number of alkyl halides is 3. The van der Waals surface area contributed by atoms with Gasteiger partial charge < -0.3 is 20.2 Å². The summed E-state index contributed by atoms with van der Waals surface area (Å²) < 4.78 is 71.8. The maximum absolute atomic E-state index is 15.1. The van der Waals surface area contributed by atoms with Crippen LogP contribution in [0, 0.1) is 17.6 Å². The molecule has 5 amide bonds. The summed E-state index contributed by atoms with van der Waals surface area (Å²) in [6, 6.07) is 7.81. The van der Waals surface area contributed by atoms with Gasteiger partial charge in [0.25, 0.3) is 5.91 Å². The molecule has 3 N–H and O–H groups in total. The molecule has 0 atom stereocenters. The Bertz CT molecular complexity index is 2390. The minimum Gasteiger partial charge on any atom is -0.386 e. The van der Waals surface area contributed by atoms with E-state index in [1.165, 1.54) is 6.07 Å². The van der Waals surface area contributed by atoms with Crippen LogP contribution in [0.1, 0.15) is 61.3 Å². The number of fused-ring (bicyclic) bond motifs is 1. The molecule has 2 aromatic carbocycles. The number of piperazine rings is 1. The third kappa shape index (κ3) is 6.63. The fourth-order valence-corrected chi connectivity index (χ4v) is 9.37. The number of amides is 5. The minimum atomic E-state index is -4.72. The number of hydrogen-bond acceptors (Lipinski definition) is 9. The lowest BCUT2D eigenvalue weighted by Gasteiger charge is -2.74. The molecule has 3 saturated carbocycles. The summed E-state index contributed by atoms with van der Waals surface area (Å²) in [5.41, 5.74) is -2.34. The molecule has 0 spiro atoms. The smallest absolute Gasteiger partial charge is 0.386 e. The van der Waals surface area contributed by atoms with Crippen molar-refractivity contribution in [2.75, 3.05) is 60.9 Å². The van der Waals surface area contributed by atoms with Crippen LogP contribution >= 0.6 is 0 Å². The van der Waals surface area contributed by atoms with E-state index in [9.17, 15) is 37.5 Å². The van der Waals surface area contributed by atoms with E-state index in [0.29, 0.717) is 55.7 Å². The molecule has 14 nitrogen and oxygen atoms in total. The van der Waals surface area contributed by atoms with Crippen LogP contribution in [0.4, 0.5) is 43.8 Å². The number of pyridine rings is 1. The van der Waals surface area contributed by atoms with Gasteiger partial charge >= 0.3 is 12.2 Å². The molecule has 310 valence electrons. The quantitative estimate of drug-likeness (QED) is 0.217. The summed E-state index contributed by atoms with van der Waals surface area (Å²) >= 11 is 0. The lowest BCUT2D eigenvalue weighted by atomic mass is 9.43. The van der Waals surface area contributed by atoms with Gasteiger partial charge in [-0.2, -0.15) is 18.3 Å². The second-order valence-electron chi connectivity index (χ2n) is 16.9. The Morgan fingerprint density at radius 2 is 1.61 bits per heavy atom. The van der Waals surface area contributed by atoms with E-state index >= 15 is 8.78 Å². The Kier molecular flexibility index (Phi) is 8.83. The third-order valence-electron chi connectivity index (χ3n) is 12.5. The molecule has 6 fully saturated rings. The summed E-state index contributed by atoms with van der Waals surface area (Å²) in [4.78, 5) is 60.5. The van der Waals surface area contributed by atoms with Gasteiger partial charge in [0.2, 0.25) is 11.8 Å². The van der Waals surface area contributed by atoms with Crippen molar-refractivity contribution in [2.45, 2.75) is 62.4 Å². The summed E-state index contributed by atoms with van der Waals surface area (Å²) in [7, 11) is 0. The van der Waals surface area contributed by atoms with Gasteiger partial charge in [-0.25, -0.2) is 18.6 Å². The van der Waals surface area contributed by atoms with Crippen molar-refractivity contribution in [1.82, 2.24) is 29.9 Å². The van der Waals surface area contributed by atoms with Crippen LogP contribution in [0.5, 0.6) is 0 Å². The van der Waals surface area contributed by atoms with Crippen LogP contribution in [0.25, 0.3) is 10.9 Å². The average Bonchev–Trinajstić information content (AvgIpc) is 3.52. The summed E-state index contributed by atoms with van der Waals surface area (Å²) in [6.07, 6.45) is -0.334. The van der Waals surface area contributed by atoms with Gasteiger partial charge in [0.15, 0.2) is 11.6 Å². The number of carbonyl (C=O) groups excluding carboxylic acids is 4. The zero-order valence-corrected chi connectivity index (χ0v) is 32.1. The van der Waals surface area contributed by atoms with Crippen molar-refractivity contribution in [3.63, 3.8) is 0 Å². The number of anilines is 3. The van der Waals surface area contributed by atoms with E-state index in [0.717, 1.165) is 48.4 Å². The highest BCUT2D eigenvalue weighted by Gasteiger charge is 2.71. The molecule has 10 rings (SSSR count). The topological polar surface area (TPSA) is 156 Å². The molecule has 5 heterocycles. The molecule has 6 aliphatic rings. The number of urea groups is 1. The molecule has 2 aromatic heterocycles. The number of aromatic nitrogens is 3. The van der Waals surface area contributed by atoms with Crippen molar-refractivity contribution >= 4 is 51.7 Å². The van der Waals surface area contributed by atoms with Crippen molar-refractivity contribution in [2.24, 2.45) is 5.92 Å². The first-order valence-corrected chi connectivity index (χ1v) is 19.3. The number of aliphatic hydroxyl groups is 1. The van der Waals surface area contributed by atoms with Crippen LogP contribution < -0.4 is 20.4 Å². The van der Waals surface area contributed by atoms with Crippen molar-refractivity contribution in [1.29, 1.82) is 0 Å². The summed E-state index contributed by atoms with van der Waals surface area (Å²) in [6.45, 7) is 6.06. The zero-order chi connectivity index (χ0) is 41.8. The zero-order valence-electron chi connectivity index (χ0n) is 32.1. The maximum Gasteiger partial charge on any atom is 0.433 e. The van der Waals surface area contributed by atoms with E-state index in [2.05, 4.69) is 20.5 Å². The largest absolute Gasteiger partial charge is 0.433 e. The van der Waals surface area contributed by atoms with E-state index < -0.39 is 58.3 Å². The number of nitrogens with one attached hydrogen (secondary N) is 2. The number of halogens is 5. The van der Waals surface area contributed by atoms with E-state index in [1.807, 2.05) is 15.8 Å². The fraction of sp³-hybridized carbons (Fsp3) is 0.450. The van der Waals surface area contributed by atoms with Gasteiger partial charge in [0.1, 0.15) is 17.1 Å². The fourth-order valence-electron chi connectivity index (χ4n) is 9.37. The number of hydrogen-bond donors (Lipinski definition) is 3. The normalized spacial score (nSPS) is 23.8. The lowest BCUT2D eigenvalue weighted by Crippen LogP contribution is -2.80. The van der Waals surface area contributed by atoms with Gasteiger partial charge in [-0.05, 0) is 69.5 Å². The predicted octanol–water partition coefficient (Wildman–Crippen LogP) is 4.57. The van der Waals surface area contributed by atoms with Gasteiger partial charge in [-0.3, -0.25) is 34.2 Å². The average molecular weight is 822 g/mol. The number of rotatable bonds is 8. The van der Waals surface area contributed by atoms with Crippen LogP contribution in [0.15, 0.2) is 48.7 Å². The van der Waals surface area contributed by atoms with E-state index in [4.69, 9.17) is 5.10 Å². The molecule has 2 bridgehead atoms. The van der Waals surface area contributed by atoms with Crippen molar-refractivity contribution in [3.05, 3.63) is 77.2 Å². The molecule has 3 saturated heterocycles. The molecule has 0 radical (unpaired) electrons. The van der Waals surface area contributed by atoms with Crippen LogP contribution in [-0.2, 0) is 26.9 Å². The Balaban J connectivity index is 0.801. The SMILES string of the molecule is CC(C)(O)c1cc2nn(C34CC(N5CCN(C(=O)C6CN(c7cc(F)c(N8CCC(=O)NC8=O)c(F)c7)C6)CC5)(C3)C4)cc2cc1NC(=O)c1cccc(C(F)(F)F)n1. The second kappa shape index (κ2) is 13.4. The molecular weight excluding hydrogens is 781 g/mol. The summed E-state index contributed by atoms with van der Waals surface area (Å²) in [5.74, 6) is -3.55. The molecule has 4 aromatic rings. The minimum absolute atomic E-state index is 0.00232. The Morgan fingerprint density at radius 3 is 2.24 bits per heavy atom. The molecule has 59 heavy (non-hydrogen) atoms. The van der Waals surface area contributed by atoms with Crippen molar-refractivity contribution in [3.8, 4) is 0 Å². The number of carbonyl (C=O) groups is 4. The molecule has 0 unspecified atom stereocenters. The molecule has 19 heteroatoms. The molecule has 3 aliphatic carbocycles. The van der Waals surface area contributed by atoms with E-state index in [-0.39, 0.29) is 47.2 Å². The lowest BCUT2D eigenvalue weighted by molar-refractivity contribution is -0.218. The molecular formula is C40H40F5N9O5. The second-order valence-corrected chi connectivity index (χ2v) is 16.9. The highest BCUT2D eigenvalue weighted by molar-refractivity contribution is 6.06. The summed E-state index contributed by atoms with van der Waals surface area (Å²) in [5, 5.41) is 21.2. The first-order valence-electron chi connectivity index (χ1n) is 19.3. The number of benzene rings is 2. The Labute approximate surface area is 333 Å². The highest BCUT2D eigenvalue weighted by atomic mass is 19.4. The maximum atomic E-state index is 15.1. The van der Waals surface area contributed by atoms with Gasteiger partial charge in [-0.15, -0.1) is 0 Å². The number of nitrogens with zero attached hydrogens (tertiary/aromatic N) is 7. The van der Waals surface area contributed by atoms with Gasteiger partial charge in [0.05, 0.1) is 22.6 Å². The predicted molar refractivity (Wildman–Crippen MR) is 202 cm³/mol. The van der Waals surface area contributed by atoms with Gasteiger partial charge in [-0.1, -0.05) is 6.07 Å². The monoisotopic (exact) mass is 821 g/mol. The number of imide groups is 1. The van der Waals surface area contributed by atoms with Crippen LogP contribution in [0.2, 0.25) is 0 Å². The van der Waals surface area contributed by atoms with Crippen LogP contribution in [0.3, 0.4) is 0 Å². The highest BCUT2D eigenvalue weighted by Crippen LogP contribution is 2.68. The van der Waals surface area contributed by atoms with E-state index in [1.54, 1.807) is 30.9 Å². The third-order valence-corrected chi connectivity index (χ3v) is 12.5. The van der Waals surface area contributed by atoms with Crippen LogP contribution in [-0.4, -0.2) is 105 Å². The molecule has 3 aliphatic heterocycles. The first-order chi connectivity index (χ1) is 27.8. The standard InChI is InChI=1S/C40H40F5N9O5/c1-37(2,59)25-15-29-22(12-30(25)47-34(56)28-4-3-5-31(46-28)40(43,44)45)18-54(49-29)39-19-38(20-39,21-39)52-10-8-50(9-11-52)35(57)23-16-51(17-23)24-13-26(41)33(27(42)14-24)53-7-6-32(55)48-36(53)58/h3-5,12-15,18,23,59H,6-11,16-17,19-21H2,1-2H3,(H,47,56)(H,48,55,58).